The molecular weight excluding hydrogens is 356 g/mol. The lowest BCUT2D eigenvalue weighted by Gasteiger charge is -2.19. The molecule has 2 aromatic heterocycles. The normalized spacial score (nSPS) is 16.6. The minimum Gasteiger partial charge on any atom is -0.341 e. The third-order valence-electron chi connectivity index (χ3n) is 4.98. The zero-order valence-corrected chi connectivity index (χ0v) is 16.3. The average Bonchev–Trinajstić information content (AvgIpc) is 3.44. The highest BCUT2D eigenvalue weighted by molar-refractivity contribution is 7.13. The number of hydrogen-bond acceptors (Lipinski definition) is 4. The van der Waals surface area contributed by atoms with Crippen molar-refractivity contribution >= 4 is 17.2 Å². The van der Waals surface area contributed by atoms with E-state index in [4.69, 9.17) is 5.10 Å². The summed E-state index contributed by atoms with van der Waals surface area (Å²) < 4.78 is 1.90. The smallest absolute Gasteiger partial charge is 0.224 e. The van der Waals surface area contributed by atoms with Crippen molar-refractivity contribution < 1.29 is 4.79 Å². The lowest BCUT2D eigenvalue weighted by Crippen LogP contribution is -2.33. The molecule has 27 heavy (non-hydrogen) atoms. The van der Waals surface area contributed by atoms with Gasteiger partial charge in [-0.2, -0.15) is 5.10 Å². The van der Waals surface area contributed by atoms with E-state index in [-0.39, 0.29) is 5.91 Å². The SMILES string of the molecule is CN(Cc1cn(-c2ccccc2)nc1-c1cccs1)C(=O)CC1CCCN1. The second-order valence-corrected chi connectivity index (χ2v) is 7.96. The molecule has 0 radical (unpaired) electrons. The van der Waals surface area contributed by atoms with Gasteiger partial charge in [0.25, 0.3) is 0 Å². The van der Waals surface area contributed by atoms with Crippen LogP contribution in [0, 0.1) is 0 Å². The molecule has 6 heteroatoms. The van der Waals surface area contributed by atoms with Gasteiger partial charge in [0, 0.05) is 37.8 Å². The maximum absolute atomic E-state index is 12.6. The van der Waals surface area contributed by atoms with Crippen LogP contribution in [0.4, 0.5) is 0 Å². The zero-order valence-electron chi connectivity index (χ0n) is 15.5. The topological polar surface area (TPSA) is 50.2 Å². The van der Waals surface area contributed by atoms with Crippen LogP contribution < -0.4 is 5.32 Å². The van der Waals surface area contributed by atoms with Crippen LogP contribution in [0.3, 0.4) is 0 Å². The monoisotopic (exact) mass is 380 g/mol. The van der Waals surface area contributed by atoms with Gasteiger partial charge in [0.05, 0.1) is 10.6 Å². The van der Waals surface area contributed by atoms with E-state index in [1.807, 2.05) is 59.2 Å². The van der Waals surface area contributed by atoms with E-state index >= 15 is 0 Å². The minimum absolute atomic E-state index is 0.180. The van der Waals surface area contributed by atoms with Crippen molar-refractivity contribution in [1.82, 2.24) is 20.0 Å². The Balaban J connectivity index is 1.57. The Morgan fingerprint density at radius 3 is 2.85 bits per heavy atom. The summed E-state index contributed by atoms with van der Waals surface area (Å²) in [6.45, 7) is 1.58. The van der Waals surface area contributed by atoms with Crippen molar-refractivity contribution in [3.05, 3.63) is 59.6 Å². The standard InChI is InChI=1S/C21H24N4OS/c1-24(20(26)13-17-7-5-11-22-17)14-16-15-25(18-8-3-2-4-9-18)23-21(16)19-10-6-12-27-19/h2-4,6,8-10,12,15,17,22H,5,7,11,13-14H2,1H3. The van der Waals surface area contributed by atoms with Crippen molar-refractivity contribution in [2.24, 2.45) is 0 Å². The fourth-order valence-electron chi connectivity index (χ4n) is 3.50. The molecule has 0 saturated carbocycles. The Morgan fingerprint density at radius 2 is 2.15 bits per heavy atom. The number of amides is 1. The summed E-state index contributed by atoms with van der Waals surface area (Å²) in [6, 6.07) is 14.5. The molecule has 1 aromatic carbocycles. The molecule has 1 aliphatic rings. The van der Waals surface area contributed by atoms with Crippen molar-refractivity contribution in [1.29, 1.82) is 0 Å². The minimum atomic E-state index is 0.180. The number of carbonyl (C=O) groups excluding carboxylic acids is 1. The van der Waals surface area contributed by atoms with E-state index in [2.05, 4.69) is 16.8 Å². The molecule has 0 aliphatic carbocycles. The highest BCUT2D eigenvalue weighted by atomic mass is 32.1. The molecule has 1 aliphatic heterocycles. The van der Waals surface area contributed by atoms with Crippen LogP contribution in [0.5, 0.6) is 0 Å². The number of thiophene rings is 1. The highest BCUT2D eigenvalue weighted by Crippen LogP contribution is 2.28. The summed E-state index contributed by atoms with van der Waals surface area (Å²) in [4.78, 5) is 15.6. The maximum Gasteiger partial charge on any atom is 0.224 e. The van der Waals surface area contributed by atoms with E-state index in [1.54, 1.807) is 11.3 Å². The molecule has 1 atom stereocenters. The van der Waals surface area contributed by atoms with Crippen molar-refractivity contribution in [3.63, 3.8) is 0 Å². The Bertz CT molecular complexity index is 882. The number of carbonyl (C=O) groups is 1. The van der Waals surface area contributed by atoms with E-state index < -0.39 is 0 Å². The first-order chi connectivity index (χ1) is 13.2. The Morgan fingerprint density at radius 1 is 1.30 bits per heavy atom. The number of para-hydroxylation sites is 1. The summed E-state index contributed by atoms with van der Waals surface area (Å²) in [5, 5.41) is 10.3. The summed E-state index contributed by atoms with van der Waals surface area (Å²) in [5.41, 5.74) is 3.04. The third-order valence-corrected chi connectivity index (χ3v) is 5.86. The van der Waals surface area contributed by atoms with Crippen molar-refractivity contribution in [3.8, 4) is 16.3 Å². The summed E-state index contributed by atoms with van der Waals surface area (Å²) in [6.07, 6.45) is 4.86. The van der Waals surface area contributed by atoms with Gasteiger partial charge in [0.15, 0.2) is 0 Å². The van der Waals surface area contributed by atoms with Crippen LogP contribution in [0.15, 0.2) is 54.0 Å². The first-order valence-electron chi connectivity index (χ1n) is 9.36. The first-order valence-corrected chi connectivity index (χ1v) is 10.2. The quantitative estimate of drug-likeness (QED) is 0.709. The molecule has 3 heterocycles. The van der Waals surface area contributed by atoms with Gasteiger partial charge in [-0.05, 0) is 43.0 Å². The fourth-order valence-corrected chi connectivity index (χ4v) is 4.24. The molecule has 1 saturated heterocycles. The molecule has 1 unspecified atom stereocenters. The molecule has 3 aromatic rings. The van der Waals surface area contributed by atoms with Gasteiger partial charge in [-0.3, -0.25) is 4.79 Å². The number of hydrogen-bond donors (Lipinski definition) is 1. The molecule has 0 spiro atoms. The molecule has 1 fully saturated rings. The highest BCUT2D eigenvalue weighted by Gasteiger charge is 2.22. The van der Waals surface area contributed by atoms with Crippen LogP contribution in [0.25, 0.3) is 16.3 Å². The van der Waals surface area contributed by atoms with Crippen LogP contribution in [0.2, 0.25) is 0 Å². The summed E-state index contributed by atoms with van der Waals surface area (Å²) >= 11 is 1.67. The van der Waals surface area contributed by atoms with Gasteiger partial charge < -0.3 is 10.2 Å². The molecule has 1 N–H and O–H groups in total. The Kier molecular flexibility index (Phi) is 5.36. The van der Waals surface area contributed by atoms with Crippen molar-refractivity contribution in [2.45, 2.75) is 31.8 Å². The van der Waals surface area contributed by atoms with Gasteiger partial charge in [-0.25, -0.2) is 4.68 Å². The second-order valence-electron chi connectivity index (χ2n) is 7.01. The van der Waals surface area contributed by atoms with Gasteiger partial charge >= 0.3 is 0 Å². The van der Waals surface area contributed by atoms with Crippen LogP contribution in [0.1, 0.15) is 24.8 Å². The van der Waals surface area contributed by atoms with E-state index in [0.717, 1.165) is 41.2 Å². The van der Waals surface area contributed by atoms with E-state index in [1.165, 1.54) is 0 Å². The third kappa shape index (κ3) is 4.12. The lowest BCUT2D eigenvalue weighted by molar-refractivity contribution is -0.130. The van der Waals surface area contributed by atoms with Crippen LogP contribution in [-0.2, 0) is 11.3 Å². The van der Waals surface area contributed by atoms with Crippen LogP contribution in [-0.4, -0.2) is 40.2 Å². The molecular formula is C21H24N4OS. The molecule has 140 valence electrons. The van der Waals surface area contributed by atoms with Gasteiger partial charge in [-0.1, -0.05) is 24.3 Å². The van der Waals surface area contributed by atoms with Gasteiger partial charge in [-0.15, -0.1) is 11.3 Å². The molecule has 0 bridgehead atoms. The number of benzene rings is 1. The predicted molar refractivity (Wildman–Crippen MR) is 109 cm³/mol. The number of rotatable bonds is 6. The van der Waals surface area contributed by atoms with Crippen LogP contribution >= 0.6 is 11.3 Å². The van der Waals surface area contributed by atoms with E-state index in [0.29, 0.717) is 19.0 Å². The fraction of sp³-hybridized carbons (Fsp3) is 0.333. The Hall–Kier alpha value is -2.44. The molecule has 1 amide bonds. The molecule has 5 nitrogen and oxygen atoms in total. The first kappa shape index (κ1) is 17.9. The number of aromatic nitrogens is 2. The summed E-state index contributed by atoms with van der Waals surface area (Å²) in [5.74, 6) is 0.180. The van der Waals surface area contributed by atoms with Crippen molar-refractivity contribution in [2.75, 3.05) is 13.6 Å². The van der Waals surface area contributed by atoms with E-state index in [9.17, 15) is 4.79 Å². The number of nitrogens with one attached hydrogen (secondary N) is 1. The van der Waals surface area contributed by atoms with Gasteiger partial charge in [0.1, 0.15) is 5.69 Å². The predicted octanol–water partition coefficient (Wildman–Crippen LogP) is 3.70. The average molecular weight is 381 g/mol. The Labute approximate surface area is 163 Å². The molecule has 4 rings (SSSR count). The summed E-state index contributed by atoms with van der Waals surface area (Å²) in [7, 11) is 1.88. The lowest BCUT2D eigenvalue weighted by atomic mass is 10.1. The maximum atomic E-state index is 12.6. The second kappa shape index (κ2) is 8.06. The zero-order chi connectivity index (χ0) is 18.6. The largest absolute Gasteiger partial charge is 0.341 e. The number of nitrogens with zero attached hydrogens (tertiary/aromatic N) is 3. The van der Waals surface area contributed by atoms with Gasteiger partial charge in [0.2, 0.25) is 5.91 Å².